The van der Waals surface area contributed by atoms with Gasteiger partial charge >= 0.3 is 0 Å². The molecule has 7 nitrogen and oxygen atoms in total. The molecule has 0 spiro atoms. The summed E-state index contributed by atoms with van der Waals surface area (Å²) in [5.41, 5.74) is 2.25. The number of para-hydroxylation sites is 1. The molecule has 2 rings (SSSR count). The third kappa shape index (κ3) is 5.33. The molecular formula is C19H20N4O3. The summed E-state index contributed by atoms with van der Waals surface area (Å²) in [4.78, 5) is 23.8. The van der Waals surface area contributed by atoms with Crippen molar-refractivity contribution in [3.8, 4) is 6.07 Å². The molecular weight excluding hydrogens is 332 g/mol. The molecule has 0 fully saturated rings. The van der Waals surface area contributed by atoms with Crippen LogP contribution in [0.1, 0.15) is 12.5 Å². The highest BCUT2D eigenvalue weighted by Crippen LogP contribution is 2.16. The van der Waals surface area contributed by atoms with Crippen LogP contribution >= 0.6 is 0 Å². The average molecular weight is 352 g/mol. The van der Waals surface area contributed by atoms with Gasteiger partial charge in [0.25, 0.3) is 0 Å². The number of carbonyl (C=O) groups excluding carboxylic acids is 2. The van der Waals surface area contributed by atoms with E-state index in [0.29, 0.717) is 16.9 Å². The lowest BCUT2D eigenvalue weighted by atomic mass is 10.2. The predicted octanol–water partition coefficient (Wildman–Crippen LogP) is 2.58. The number of nitrogens with one attached hydrogen (secondary N) is 3. The Kier molecular flexibility index (Phi) is 6.71. The van der Waals surface area contributed by atoms with Crippen LogP contribution in [0.2, 0.25) is 0 Å². The number of carbonyl (C=O) groups is 2. The lowest BCUT2D eigenvalue weighted by molar-refractivity contribution is -0.119. The number of anilines is 3. The average Bonchev–Trinajstić information content (AvgIpc) is 2.64. The van der Waals surface area contributed by atoms with Crippen molar-refractivity contribution in [2.75, 3.05) is 29.7 Å². The molecule has 0 aromatic heterocycles. The Morgan fingerprint density at radius 2 is 1.73 bits per heavy atom. The van der Waals surface area contributed by atoms with Crippen LogP contribution in [0.4, 0.5) is 17.1 Å². The maximum atomic E-state index is 12.3. The fourth-order valence-corrected chi connectivity index (χ4v) is 2.22. The Balaban J connectivity index is 1.94. The molecule has 2 aromatic rings. The van der Waals surface area contributed by atoms with E-state index in [9.17, 15) is 9.59 Å². The Labute approximate surface area is 152 Å². The number of amides is 2. The quantitative estimate of drug-likeness (QED) is 0.711. The van der Waals surface area contributed by atoms with Gasteiger partial charge in [0, 0.05) is 18.5 Å². The van der Waals surface area contributed by atoms with Crippen molar-refractivity contribution in [1.29, 1.82) is 5.26 Å². The first-order valence-corrected chi connectivity index (χ1v) is 7.99. The maximum Gasteiger partial charge on any atom is 0.250 e. The Bertz CT molecular complexity index is 812. The second-order valence-electron chi connectivity index (χ2n) is 5.57. The zero-order valence-electron chi connectivity index (χ0n) is 14.6. The maximum absolute atomic E-state index is 12.3. The van der Waals surface area contributed by atoms with Gasteiger partial charge in [-0.05, 0) is 43.3 Å². The molecule has 26 heavy (non-hydrogen) atoms. The fourth-order valence-electron chi connectivity index (χ4n) is 2.22. The number of rotatable bonds is 7. The number of hydrogen-bond donors (Lipinski definition) is 3. The molecule has 0 aliphatic carbocycles. The summed E-state index contributed by atoms with van der Waals surface area (Å²) in [7, 11) is 1.45. The zero-order chi connectivity index (χ0) is 18.9. The predicted molar refractivity (Wildman–Crippen MR) is 99.8 cm³/mol. The molecule has 1 unspecified atom stereocenters. The first kappa shape index (κ1) is 19.0. The zero-order valence-corrected chi connectivity index (χ0v) is 14.6. The van der Waals surface area contributed by atoms with Gasteiger partial charge in [0.1, 0.15) is 18.7 Å². The Morgan fingerprint density at radius 3 is 2.38 bits per heavy atom. The summed E-state index contributed by atoms with van der Waals surface area (Å²) in [5.74, 6) is -0.498. The summed E-state index contributed by atoms with van der Waals surface area (Å²) in [6, 6.07) is 15.3. The molecule has 7 heteroatoms. The van der Waals surface area contributed by atoms with E-state index in [-0.39, 0.29) is 18.4 Å². The van der Waals surface area contributed by atoms with Crippen LogP contribution in [0.3, 0.4) is 0 Å². The number of nitriles is 1. The van der Waals surface area contributed by atoms with Crippen molar-refractivity contribution in [3.63, 3.8) is 0 Å². The van der Waals surface area contributed by atoms with E-state index < -0.39 is 6.04 Å². The third-order valence-electron chi connectivity index (χ3n) is 3.53. The summed E-state index contributed by atoms with van der Waals surface area (Å²) >= 11 is 0. The van der Waals surface area contributed by atoms with E-state index in [2.05, 4.69) is 16.0 Å². The van der Waals surface area contributed by atoms with E-state index in [1.807, 2.05) is 6.07 Å². The molecule has 2 amide bonds. The molecule has 2 aromatic carbocycles. The number of nitrogens with zero attached hydrogens (tertiary/aromatic N) is 1. The monoisotopic (exact) mass is 352 g/mol. The summed E-state index contributed by atoms with van der Waals surface area (Å²) in [5, 5.41) is 17.6. The standard InChI is InChI=1S/C19H20N4O3/c1-13(19(25)23-17-6-4-3-5-14(17)11-20)21-15-7-9-16(10-8-15)22-18(24)12-26-2/h3-10,13,21H,12H2,1-2H3,(H,22,24)(H,23,25). The van der Waals surface area contributed by atoms with Gasteiger partial charge in [-0.15, -0.1) is 0 Å². The van der Waals surface area contributed by atoms with Crippen LogP contribution in [0.25, 0.3) is 0 Å². The van der Waals surface area contributed by atoms with Crippen LogP contribution in [-0.4, -0.2) is 31.6 Å². The van der Waals surface area contributed by atoms with Gasteiger partial charge in [0.05, 0.1) is 11.3 Å². The van der Waals surface area contributed by atoms with E-state index in [1.165, 1.54) is 7.11 Å². The van der Waals surface area contributed by atoms with Gasteiger partial charge in [0.15, 0.2) is 0 Å². The highest BCUT2D eigenvalue weighted by Gasteiger charge is 2.14. The second kappa shape index (κ2) is 9.20. The van der Waals surface area contributed by atoms with Crippen molar-refractivity contribution in [2.45, 2.75) is 13.0 Å². The van der Waals surface area contributed by atoms with Gasteiger partial charge in [-0.1, -0.05) is 12.1 Å². The minimum absolute atomic E-state index is 0.0125. The lowest BCUT2D eigenvalue weighted by Crippen LogP contribution is -2.32. The first-order chi connectivity index (χ1) is 12.5. The summed E-state index contributed by atoms with van der Waals surface area (Å²) in [6.45, 7) is 1.71. The Morgan fingerprint density at radius 1 is 1.08 bits per heavy atom. The van der Waals surface area contributed by atoms with Gasteiger partial charge in [-0.3, -0.25) is 9.59 Å². The number of hydrogen-bond acceptors (Lipinski definition) is 5. The topological polar surface area (TPSA) is 103 Å². The van der Waals surface area contributed by atoms with Crippen LogP contribution in [0.15, 0.2) is 48.5 Å². The van der Waals surface area contributed by atoms with Crippen molar-refractivity contribution in [3.05, 3.63) is 54.1 Å². The number of methoxy groups -OCH3 is 1. The van der Waals surface area contributed by atoms with Crippen LogP contribution in [0.5, 0.6) is 0 Å². The van der Waals surface area contributed by atoms with Crippen molar-refractivity contribution < 1.29 is 14.3 Å². The minimum atomic E-state index is -0.518. The van der Waals surface area contributed by atoms with Gasteiger partial charge in [-0.2, -0.15) is 5.26 Å². The SMILES string of the molecule is COCC(=O)Nc1ccc(NC(C)C(=O)Nc2ccccc2C#N)cc1. The van der Waals surface area contributed by atoms with Crippen LogP contribution in [-0.2, 0) is 14.3 Å². The molecule has 0 saturated heterocycles. The number of benzene rings is 2. The van der Waals surface area contributed by atoms with Gasteiger partial charge in [0.2, 0.25) is 11.8 Å². The smallest absolute Gasteiger partial charge is 0.250 e. The minimum Gasteiger partial charge on any atom is -0.375 e. The molecule has 0 aliphatic heterocycles. The molecule has 1 atom stereocenters. The highest BCUT2D eigenvalue weighted by molar-refractivity contribution is 5.97. The summed E-state index contributed by atoms with van der Waals surface area (Å²) < 4.78 is 4.75. The van der Waals surface area contributed by atoms with E-state index in [1.54, 1.807) is 55.5 Å². The van der Waals surface area contributed by atoms with Crippen molar-refractivity contribution in [1.82, 2.24) is 0 Å². The van der Waals surface area contributed by atoms with Crippen molar-refractivity contribution >= 4 is 28.9 Å². The molecule has 3 N–H and O–H groups in total. The summed E-state index contributed by atoms with van der Waals surface area (Å²) in [6.07, 6.45) is 0. The normalized spacial score (nSPS) is 11.1. The van der Waals surface area contributed by atoms with E-state index >= 15 is 0 Å². The van der Waals surface area contributed by atoms with Gasteiger partial charge in [-0.25, -0.2) is 0 Å². The molecule has 0 aliphatic rings. The molecule has 0 heterocycles. The van der Waals surface area contributed by atoms with Crippen LogP contribution in [0, 0.1) is 11.3 Å². The molecule has 0 radical (unpaired) electrons. The number of ether oxygens (including phenoxy) is 1. The van der Waals surface area contributed by atoms with Crippen LogP contribution < -0.4 is 16.0 Å². The van der Waals surface area contributed by atoms with Crippen molar-refractivity contribution in [2.24, 2.45) is 0 Å². The second-order valence-corrected chi connectivity index (χ2v) is 5.57. The third-order valence-corrected chi connectivity index (χ3v) is 3.53. The fraction of sp³-hybridized carbons (Fsp3) is 0.211. The highest BCUT2D eigenvalue weighted by atomic mass is 16.5. The molecule has 0 bridgehead atoms. The Hall–Kier alpha value is -3.37. The first-order valence-electron chi connectivity index (χ1n) is 7.99. The van der Waals surface area contributed by atoms with E-state index in [4.69, 9.17) is 10.00 Å². The van der Waals surface area contributed by atoms with E-state index in [0.717, 1.165) is 5.69 Å². The molecule has 0 saturated carbocycles. The lowest BCUT2D eigenvalue weighted by Gasteiger charge is -2.16. The molecule has 134 valence electrons. The van der Waals surface area contributed by atoms with Gasteiger partial charge < -0.3 is 20.7 Å². The largest absolute Gasteiger partial charge is 0.375 e.